The van der Waals surface area contributed by atoms with Gasteiger partial charge < -0.3 is 5.32 Å². The predicted octanol–water partition coefficient (Wildman–Crippen LogP) is 2.56. The SMILES string of the molecule is C[C@H](CS(C)(=O)=O)C(=O)N[C@@H](C)c1cccc(C(F)(F)F)c1. The van der Waals surface area contributed by atoms with E-state index < -0.39 is 39.4 Å². The summed E-state index contributed by atoms with van der Waals surface area (Å²) < 4.78 is 60.3. The number of hydrogen-bond donors (Lipinski definition) is 1. The maximum Gasteiger partial charge on any atom is 0.416 e. The van der Waals surface area contributed by atoms with Crippen molar-refractivity contribution in [1.29, 1.82) is 0 Å². The molecule has 1 rings (SSSR count). The monoisotopic (exact) mass is 337 g/mol. The van der Waals surface area contributed by atoms with E-state index in [0.717, 1.165) is 18.4 Å². The van der Waals surface area contributed by atoms with Gasteiger partial charge in [-0.3, -0.25) is 4.79 Å². The molecule has 0 heterocycles. The lowest BCUT2D eigenvalue weighted by molar-refractivity contribution is -0.137. The maximum atomic E-state index is 12.7. The lowest BCUT2D eigenvalue weighted by Crippen LogP contribution is -2.34. The topological polar surface area (TPSA) is 63.2 Å². The molecule has 1 amide bonds. The summed E-state index contributed by atoms with van der Waals surface area (Å²) in [5.74, 6) is -1.60. The van der Waals surface area contributed by atoms with Crippen molar-refractivity contribution >= 4 is 15.7 Å². The molecule has 0 saturated carbocycles. The normalized spacial score (nSPS) is 15.2. The Hall–Kier alpha value is -1.57. The van der Waals surface area contributed by atoms with Crippen molar-refractivity contribution in [2.75, 3.05) is 12.0 Å². The molecule has 0 saturated heterocycles. The van der Waals surface area contributed by atoms with Crippen LogP contribution in [0.15, 0.2) is 24.3 Å². The lowest BCUT2D eigenvalue weighted by Gasteiger charge is -2.18. The summed E-state index contributed by atoms with van der Waals surface area (Å²) in [7, 11) is -3.30. The zero-order valence-corrected chi connectivity index (χ0v) is 13.3. The molecule has 4 nitrogen and oxygen atoms in total. The zero-order valence-electron chi connectivity index (χ0n) is 12.4. The van der Waals surface area contributed by atoms with Gasteiger partial charge >= 0.3 is 6.18 Å². The Morgan fingerprint density at radius 2 is 1.86 bits per heavy atom. The first-order valence-corrected chi connectivity index (χ1v) is 8.61. The summed E-state index contributed by atoms with van der Waals surface area (Å²) in [6.45, 7) is 3.00. The van der Waals surface area contributed by atoms with E-state index in [2.05, 4.69) is 5.32 Å². The van der Waals surface area contributed by atoms with E-state index in [1.54, 1.807) is 6.92 Å². The standard InChI is InChI=1S/C14H18F3NO3S/c1-9(8-22(3,20)21)13(19)18-10(2)11-5-4-6-12(7-11)14(15,16)17/h4-7,9-10H,8H2,1-3H3,(H,18,19)/t9-,10+/m1/s1. The van der Waals surface area contributed by atoms with E-state index in [9.17, 15) is 26.4 Å². The quantitative estimate of drug-likeness (QED) is 0.898. The van der Waals surface area contributed by atoms with Crippen LogP contribution in [0.1, 0.15) is 31.0 Å². The van der Waals surface area contributed by atoms with Gasteiger partial charge in [0.25, 0.3) is 0 Å². The van der Waals surface area contributed by atoms with Crippen molar-refractivity contribution in [1.82, 2.24) is 5.32 Å². The molecule has 1 N–H and O–H groups in total. The molecule has 0 aliphatic rings. The number of hydrogen-bond acceptors (Lipinski definition) is 3. The molecule has 1 aromatic carbocycles. The van der Waals surface area contributed by atoms with Crippen LogP contribution >= 0.6 is 0 Å². The molecule has 0 radical (unpaired) electrons. The average molecular weight is 337 g/mol. The molecule has 22 heavy (non-hydrogen) atoms. The number of carbonyl (C=O) groups is 1. The molecule has 0 aliphatic carbocycles. The van der Waals surface area contributed by atoms with Crippen LogP contribution < -0.4 is 5.32 Å². The molecule has 0 bridgehead atoms. The minimum absolute atomic E-state index is 0.301. The van der Waals surface area contributed by atoms with Crippen molar-refractivity contribution in [3.63, 3.8) is 0 Å². The molecule has 0 aliphatic heterocycles. The van der Waals surface area contributed by atoms with Crippen LogP contribution in [0.3, 0.4) is 0 Å². The van der Waals surface area contributed by atoms with Gasteiger partial charge in [0.1, 0.15) is 9.84 Å². The highest BCUT2D eigenvalue weighted by Crippen LogP contribution is 2.30. The Kier molecular flexibility index (Phi) is 5.61. The van der Waals surface area contributed by atoms with Gasteiger partial charge in [0.2, 0.25) is 5.91 Å². The largest absolute Gasteiger partial charge is 0.416 e. The highest BCUT2D eigenvalue weighted by Gasteiger charge is 2.31. The van der Waals surface area contributed by atoms with Crippen LogP contribution in [0.2, 0.25) is 0 Å². The van der Waals surface area contributed by atoms with Gasteiger partial charge in [-0.15, -0.1) is 0 Å². The Balaban J connectivity index is 2.81. The van der Waals surface area contributed by atoms with Crippen molar-refractivity contribution in [3.8, 4) is 0 Å². The highest BCUT2D eigenvalue weighted by atomic mass is 32.2. The van der Waals surface area contributed by atoms with E-state index >= 15 is 0 Å². The Bertz CT molecular complexity index is 641. The first-order chi connectivity index (χ1) is 9.90. The number of nitrogens with one attached hydrogen (secondary N) is 1. The minimum atomic E-state index is -4.46. The molecular weight excluding hydrogens is 319 g/mol. The second kappa shape index (κ2) is 6.68. The van der Waals surface area contributed by atoms with E-state index in [0.29, 0.717) is 5.56 Å². The summed E-state index contributed by atoms with van der Waals surface area (Å²) in [5, 5.41) is 2.53. The van der Waals surface area contributed by atoms with E-state index in [1.165, 1.54) is 19.1 Å². The number of benzene rings is 1. The van der Waals surface area contributed by atoms with E-state index in [-0.39, 0.29) is 5.75 Å². The lowest BCUT2D eigenvalue weighted by atomic mass is 10.0. The number of sulfone groups is 1. The van der Waals surface area contributed by atoms with Gasteiger partial charge in [0.15, 0.2) is 0 Å². The third-order valence-corrected chi connectivity index (χ3v) is 4.18. The van der Waals surface area contributed by atoms with Crippen molar-refractivity contribution in [2.45, 2.75) is 26.1 Å². The molecule has 0 aromatic heterocycles. The summed E-state index contributed by atoms with van der Waals surface area (Å²) in [6.07, 6.45) is -3.43. The molecule has 0 fully saturated rings. The Labute approximate surface area is 127 Å². The van der Waals surface area contributed by atoms with Gasteiger partial charge in [-0.1, -0.05) is 19.1 Å². The third kappa shape index (κ3) is 5.67. The van der Waals surface area contributed by atoms with Gasteiger partial charge in [-0.05, 0) is 24.6 Å². The van der Waals surface area contributed by atoms with Crippen LogP contribution in [-0.4, -0.2) is 26.3 Å². The van der Waals surface area contributed by atoms with E-state index in [4.69, 9.17) is 0 Å². The maximum absolute atomic E-state index is 12.7. The van der Waals surface area contributed by atoms with Gasteiger partial charge in [-0.2, -0.15) is 13.2 Å². The molecular formula is C14H18F3NO3S. The molecule has 8 heteroatoms. The summed E-state index contributed by atoms with van der Waals surface area (Å²) in [4.78, 5) is 11.9. The zero-order chi connectivity index (χ0) is 17.1. The van der Waals surface area contributed by atoms with Crippen LogP contribution in [0, 0.1) is 5.92 Å². The predicted molar refractivity (Wildman–Crippen MR) is 76.9 cm³/mol. The number of rotatable bonds is 5. The molecule has 1 aromatic rings. The Morgan fingerprint density at radius 3 is 2.36 bits per heavy atom. The molecule has 124 valence electrons. The Morgan fingerprint density at radius 1 is 1.27 bits per heavy atom. The first kappa shape index (κ1) is 18.5. The fourth-order valence-corrected chi connectivity index (χ4v) is 3.01. The van der Waals surface area contributed by atoms with Gasteiger partial charge in [0, 0.05) is 12.2 Å². The molecule has 2 atom stereocenters. The van der Waals surface area contributed by atoms with Gasteiger partial charge in [-0.25, -0.2) is 8.42 Å². The fraction of sp³-hybridized carbons (Fsp3) is 0.500. The second-order valence-electron chi connectivity index (χ2n) is 5.35. The van der Waals surface area contributed by atoms with Crippen LogP contribution in [0.25, 0.3) is 0 Å². The summed E-state index contributed by atoms with van der Waals surface area (Å²) in [6, 6.07) is 4.00. The number of halogens is 3. The fourth-order valence-electron chi connectivity index (χ4n) is 1.95. The average Bonchev–Trinajstić information content (AvgIpc) is 2.35. The summed E-state index contributed by atoms with van der Waals surface area (Å²) in [5.41, 5.74) is -0.495. The van der Waals surface area contributed by atoms with Crippen LogP contribution in [-0.2, 0) is 20.8 Å². The van der Waals surface area contributed by atoms with Crippen LogP contribution in [0.5, 0.6) is 0 Å². The molecule has 0 unspecified atom stereocenters. The smallest absolute Gasteiger partial charge is 0.349 e. The number of carbonyl (C=O) groups excluding carboxylic acids is 1. The van der Waals surface area contributed by atoms with Crippen molar-refractivity contribution < 1.29 is 26.4 Å². The van der Waals surface area contributed by atoms with Crippen molar-refractivity contribution in [3.05, 3.63) is 35.4 Å². The van der Waals surface area contributed by atoms with Crippen molar-refractivity contribution in [2.24, 2.45) is 5.92 Å². The second-order valence-corrected chi connectivity index (χ2v) is 7.53. The molecule has 0 spiro atoms. The number of amides is 1. The third-order valence-electron chi connectivity index (χ3n) is 3.07. The first-order valence-electron chi connectivity index (χ1n) is 6.55. The van der Waals surface area contributed by atoms with Crippen LogP contribution in [0.4, 0.5) is 13.2 Å². The van der Waals surface area contributed by atoms with E-state index in [1.807, 2.05) is 0 Å². The van der Waals surface area contributed by atoms with Gasteiger partial charge in [0.05, 0.1) is 17.4 Å². The summed E-state index contributed by atoms with van der Waals surface area (Å²) >= 11 is 0. The number of alkyl halides is 3. The minimum Gasteiger partial charge on any atom is -0.349 e. The highest BCUT2D eigenvalue weighted by molar-refractivity contribution is 7.90.